The van der Waals surface area contributed by atoms with Gasteiger partial charge in [-0.2, -0.15) is 0 Å². The van der Waals surface area contributed by atoms with Crippen LogP contribution in [0.3, 0.4) is 0 Å². The van der Waals surface area contributed by atoms with Crippen LogP contribution in [0, 0.1) is 5.41 Å². The highest BCUT2D eigenvalue weighted by Gasteiger charge is 2.31. The van der Waals surface area contributed by atoms with Gasteiger partial charge in [-0.25, -0.2) is 15.0 Å². The van der Waals surface area contributed by atoms with Gasteiger partial charge in [-0.1, -0.05) is 83.1 Å². The van der Waals surface area contributed by atoms with Gasteiger partial charge in [-0.3, -0.25) is 0 Å². The Bertz CT molecular complexity index is 1710. The van der Waals surface area contributed by atoms with E-state index in [0.29, 0.717) is 11.6 Å². The molecule has 0 amide bonds. The third-order valence-electron chi connectivity index (χ3n) is 7.61. The second-order valence-electron chi connectivity index (χ2n) is 15.4. The predicted molar refractivity (Wildman–Crippen MR) is 171 cm³/mol. The van der Waals surface area contributed by atoms with Crippen molar-refractivity contribution < 1.29 is 0 Å². The quantitative estimate of drug-likeness (QED) is 0.236. The molecule has 0 aromatic carbocycles. The van der Waals surface area contributed by atoms with Gasteiger partial charge in [-0.15, -0.1) is 0 Å². The van der Waals surface area contributed by atoms with Crippen molar-refractivity contribution in [2.45, 2.75) is 99.3 Å². The van der Waals surface area contributed by atoms with Crippen LogP contribution in [0.5, 0.6) is 0 Å². The summed E-state index contributed by atoms with van der Waals surface area (Å²) < 4.78 is 0. The minimum atomic E-state index is -0.157. The zero-order valence-electron chi connectivity index (χ0n) is 26.4. The van der Waals surface area contributed by atoms with Crippen LogP contribution < -0.4 is 0 Å². The zero-order chi connectivity index (χ0) is 29.4. The highest BCUT2D eigenvalue weighted by molar-refractivity contribution is 5.89. The molecule has 0 aliphatic carbocycles. The van der Waals surface area contributed by atoms with E-state index in [1.54, 1.807) is 0 Å². The van der Waals surface area contributed by atoms with Gasteiger partial charge in [0.2, 0.25) is 0 Å². The second kappa shape index (κ2) is 9.02. The van der Waals surface area contributed by atoms with E-state index in [1.165, 1.54) is 22.3 Å². The number of hydrogen-bond donors (Lipinski definition) is 2. The Morgan fingerprint density at radius 2 is 0.950 bits per heavy atom. The fourth-order valence-electron chi connectivity index (χ4n) is 6.03. The van der Waals surface area contributed by atoms with Gasteiger partial charge >= 0.3 is 0 Å². The number of H-pyrrole nitrogens is 2. The van der Waals surface area contributed by atoms with Crippen LogP contribution in [-0.2, 0) is 16.2 Å². The van der Waals surface area contributed by atoms with Crippen molar-refractivity contribution in [1.82, 2.24) is 24.9 Å². The minimum absolute atomic E-state index is 0.105. The lowest BCUT2D eigenvalue weighted by atomic mass is 9.78. The second-order valence-corrected chi connectivity index (χ2v) is 15.4. The van der Waals surface area contributed by atoms with Gasteiger partial charge in [0, 0.05) is 38.8 Å². The monoisotopic (exact) mass is 535 g/mol. The Hall–Kier alpha value is -3.47. The molecule has 2 aliphatic heterocycles. The Balaban J connectivity index is 2.06. The summed E-state index contributed by atoms with van der Waals surface area (Å²) in [6, 6.07) is 8.86. The Labute approximate surface area is 239 Å². The predicted octanol–water partition coefficient (Wildman–Crippen LogP) is 9.36. The van der Waals surface area contributed by atoms with Crippen LogP contribution in [0.4, 0.5) is 0 Å². The molecular formula is C35H45N5. The summed E-state index contributed by atoms with van der Waals surface area (Å²) in [5.41, 5.74) is 10.7. The molecule has 210 valence electrons. The fraction of sp³-hybridized carbons (Fsp3) is 0.457. The Kier molecular flexibility index (Phi) is 6.33. The van der Waals surface area contributed by atoms with Crippen molar-refractivity contribution in [3.8, 4) is 0 Å². The van der Waals surface area contributed by atoms with E-state index in [1.807, 2.05) is 6.08 Å². The van der Waals surface area contributed by atoms with Crippen LogP contribution in [0.1, 0.15) is 123 Å². The van der Waals surface area contributed by atoms with Crippen molar-refractivity contribution in [3.63, 3.8) is 0 Å². The van der Waals surface area contributed by atoms with Gasteiger partial charge in [0.05, 0.1) is 11.4 Å². The number of nitrogens with zero attached hydrogens (tertiary/aromatic N) is 3. The van der Waals surface area contributed by atoms with E-state index >= 15 is 0 Å². The first-order valence-corrected chi connectivity index (χ1v) is 14.4. The maximum Gasteiger partial charge on any atom is 0.155 e. The summed E-state index contributed by atoms with van der Waals surface area (Å²) in [5, 5.41) is 0. The van der Waals surface area contributed by atoms with E-state index < -0.39 is 0 Å². The van der Waals surface area contributed by atoms with Gasteiger partial charge in [0.15, 0.2) is 11.6 Å². The maximum absolute atomic E-state index is 5.18. The molecule has 3 aromatic rings. The molecule has 0 fully saturated rings. The molecule has 0 unspecified atom stereocenters. The molecule has 8 bridgehead atoms. The third kappa shape index (κ3) is 5.07. The van der Waals surface area contributed by atoms with E-state index in [4.69, 9.17) is 15.0 Å². The standard InChI is InChI=1S/C35H45N5/c1-32(2,3)20-19-27-39-26-18-17-24(38-26)29(34(7,8)9)23-14-13-21(36-23)28(33(4,5)6)22-15-16-25(37-22)30(31(20)40-27)35(10,11)12/h13-19,36-37H,1-12H3. The average Bonchev–Trinajstić information content (AvgIpc) is 3.54. The van der Waals surface area contributed by atoms with Gasteiger partial charge in [0.1, 0.15) is 0 Å². The van der Waals surface area contributed by atoms with E-state index in [0.717, 1.165) is 33.5 Å². The zero-order valence-corrected chi connectivity index (χ0v) is 26.4. The van der Waals surface area contributed by atoms with Crippen LogP contribution in [0.25, 0.3) is 45.9 Å². The number of aromatic amines is 2. The molecule has 0 atom stereocenters. The van der Waals surface area contributed by atoms with Gasteiger partial charge in [0.25, 0.3) is 0 Å². The molecule has 0 radical (unpaired) electrons. The SMILES string of the molecule is CC(C)(C)C1=Cc2nc3nc(c(C(C)(C)C)c4ccc([nH]4)c(C(C)(C)C)c4ccc([nH]4)c(C(C)(C)C)c1n2)C=C3. The molecule has 5 rings (SSSR count). The molecule has 2 N–H and O–H groups in total. The largest absolute Gasteiger partial charge is 0.355 e. The fourth-order valence-corrected chi connectivity index (χ4v) is 6.03. The molecule has 0 saturated heterocycles. The lowest BCUT2D eigenvalue weighted by Gasteiger charge is -2.26. The number of aromatic nitrogens is 5. The first kappa shape index (κ1) is 28.1. The van der Waals surface area contributed by atoms with Crippen molar-refractivity contribution in [3.05, 3.63) is 64.0 Å². The van der Waals surface area contributed by atoms with Crippen molar-refractivity contribution in [2.75, 3.05) is 0 Å². The lowest BCUT2D eigenvalue weighted by Crippen LogP contribution is -2.17. The third-order valence-corrected chi connectivity index (χ3v) is 7.61. The Morgan fingerprint density at radius 3 is 1.43 bits per heavy atom. The van der Waals surface area contributed by atoms with Crippen molar-refractivity contribution in [1.29, 1.82) is 0 Å². The molecule has 0 spiro atoms. The summed E-state index contributed by atoms with van der Waals surface area (Å²) in [7, 11) is 0. The highest BCUT2D eigenvalue weighted by atomic mass is 15.0. The maximum atomic E-state index is 5.18. The van der Waals surface area contributed by atoms with Crippen LogP contribution in [0.15, 0.2) is 24.3 Å². The number of fused-ring (bicyclic) bond motifs is 8. The van der Waals surface area contributed by atoms with Gasteiger partial charge in [-0.05, 0) is 69.7 Å². The molecule has 5 heterocycles. The van der Waals surface area contributed by atoms with Crippen LogP contribution >= 0.6 is 0 Å². The molecular weight excluding hydrogens is 490 g/mol. The van der Waals surface area contributed by atoms with E-state index in [-0.39, 0.29) is 21.7 Å². The number of rotatable bonds is 0. The summed E-state index contributed by atoms with van der Waals surface area (Å²) >= 11 is 0. The smallest absolute Gasteiger partial charge is 0.155 e. The molecule has 5 heteroatoms. The minimum Gasteiger partial charge on any atom is -0.355 e. The first-order valence-electron chi connectivity index (χ1n) is 14.4. The summed E-state index contributed by atoms with van der Waals surface area (Å²) in [4.78, 5) is 22.8. The lowest BCUT2D eigenvalue weighted by molar-refractivity contribution is 0.557. The molecule has 0 saturated carbocycles. The molecule has 2 aliphatic rings. The van der Waals surface area contributed by atoms with Crippen LogP contribution in [-0.4, -0.2) is 24.9 Å². The van der Waals surface area contributed by atoms with Crippen LogP contribution in [0.2, 0.25) is 0 Å². The Morgan fingerprint density at radius 1 is 0.475 bits per heavy atom. The average molecular weight is 536 g/mol. The normalized spacial score (nSPS) is 14.6. The molecule has 5 nitrogen and oxygen atoms in total. The summed E-state index contributed by atoms with van der Waals surface area (Å²) in [6.45, 7) is 27.1. The highest BCUT2D eigenvalue weighted by Crippen LogP contribution is 2.43. The summed E-state index contributed by atoms with van der Waals surface area (Å²) in [6.07, 6.45) is 6.24. The van der Waals surface area contributed by atoms with Crippen molar-refractivity contribution in [2.24, 2.45) is 5.41 Å². The van der Waals surface area contributed by atoms with E-state index in [2.05, 4.69) is 129 Å². The molecule has 3 aromatic heterocycles. The number of nitrogens with one attached hydrogen (secondary N) is 2. The van der Waals surface area contributed by atoms with Gasteiger partial charge < -0.3 is 9.97 Å². The van der Waals surface area contributed by atoms with Crippen molar-refractivity contribution >= 4 is 45.9 Å². The number of hydrogen-bond acceptors (Lipinski definition) is 3. The molecule has 40 heavy (non-hydrogen) atoms. The number of allylic oxidation sites excluding steroid dienone is 1. The first-order chi connectivity index (χ1) is 18.3. The summed E-state index contributed by atoms with van der Waals surface area (Å²) in [5.74, 6) is 1.38. The topological polar surface area (TPSA) is 70.2 Å². The van der Waals surface area contributed by atoms with E-state index in [9.17, 15) is 0 Å².